The molecular formula is C19H20N4O3. The summed E-state index contributed by atoms with van der Waals surface area (Å²) in [6, 6.07) is 5.68. The number of rotatable bonds is 4. The van der Waals surface area contributed by atoms with Crippen molar-refractivity contribution in [2.45, 2.75) is 38.8 Å². The summed E-state index contributed by atoms with van der Waals surface area (Å²) in [5.41, 5.74) is 3.45. The van der Waals surface area contributed by atoms with Gasteiger partial charge >= 0.3 is 0 Å². The normalized spacial score (nSPS) is 16.1. The zero-order chi connectivity index (χ0) is 18.3. The van der Waals surface area contributed by atoms with Crippen LogP contribution in [0.3, 0.4) is 0 Å². The Bertz CT molecular complexity index is 980. The number of nitrogens with one attached hydrogen (secondary N) is 2. The van der Waals surface area contributed by atoms with E-state index in [4.69, 9.17) is 4.74 Å². The largest absolute Gasteiger partial charge is 0.437 e. The topological polar surface area (TPSA) is 100 Å². The molecule has 0 fully saturated rings. The standard InChI is InChI=1S/C19H20N4O3/c1-10(2)22-19(25)14-8-20-18-17(14)23-16(9-21-18)26-12-5-3-11-4-6-15(24)13(11)7-12/h3,5,7-10,15,24H,4,6H2,1-2H3,(H,20,21)(H,22,25). The molecule has 0 radical (unpaired) electrons. The van der Waals surface area contributed by atoms with E-state index < -0.39 is 6.10 Å². The quantitative estimate of drug-likeness (QED) is 0.670. The summed E-state index contributed by atoms with van der Waals surface area (Å²) in [7, 11) is 0. The molecule has 134 valence electrons. The minimum atomic E-state index is -0.446. The van der Waals surface area contributed by atoms with Crippen molar-refractivity contribution >= 4 is 17.1 Å². The highest BCUT2D eigenvalue weighted by Gasteiger charge is 2.21. The fraction of sp³-hybridized carbons (Fsp3) is 0.316. The number of aliphatic hydroxyl groups is 1. The van der Waals surface area contributed by atoms with Crippen LogP contribution in [-0.2, 0) is 6.42 Å². The molecule has 26 heavy (non-hydrogen) atoms. The van der Waals surface area contributed by atoms with Crippen molar-refractivity contribution < 1.29 is 14.6 Å². The number of amides is 1. The van der Waals surface area contributed by atoms with Crippen LogP contribution in [0.25, 0.3) is 11.2 Å². The first-order valence-electron chi connectivity index (χ1n) is 8.65. The van der Waals surface area contributed by atoms with Crippen LogP contribution in [0.15, 0.2) is 30.6 Å². The number of H-pyrrole nitrogens is 1. The van der Waals surface area contributed by atoms with Crippen LogP contribution in [0.4, 0.5) is 0 Å². The third kappa shape index (κ3) is 3.01. The SMILES string of the molecule is CC(C)NC(=O)c1c[nH]c2ncc(Oc3ccc4c(c3)C(O)CC4)nc12. The lowest BCUT2D eigenvalue weighted by molar-refractivity contribution is 0.0944. The molecule has 0 saturated carbocycles. The van der Waals surface area contributed by atoms with Crippen molar-refractivity contribution in [2.24, 2.45) is 0 Å². The van der Waals surface area contributed by atoms with Crippen LogP contribution in [-0.4, -0.2) is 32.0 Å². The number of hydrogen-bond acceptors (Lipinski definition) is 5. The van der Waals surface area contributed by atoms with Gasteiger partial charge in [-0.25, -0.2) is 9.97 Å². The predicted octanol–water partition coefficient (Wildman–Crippen LogP) is 2.87. The predicted molar refractivity (Wildman–Crippen MR) is 96.3 cm³/mol. The van der Waals surface area contributed by atoms with Gasteiger partial charge in [0.2, 0.25) is 5.88 Å². The summed E-state index contributed by atoms with van der Waals surface area (Å²) in [4.78, 5) is 24.0. The van der Waals surface area contributed by atoms with Crippen LogP contribution >= 0.6 is 0 Å². The molecule has 7 nitrogen and oxygen atoms in total. The van der Waals surface area contributed by atoms with Gasteiger partial charge in [0, 0.05) is 12.2 Å². The zero-order valence-electron chi connectivity index (χ0n) is 14.6. The van der Waals surface area contributed by atoms with Gasteiger partial charge in [0.05, 0.1) is 17.9 Å². The molecule has 1 aliphatic rings. The van der Waals surface area contributed by atoms with E-state index in [9.17, 15) is 9.90 Å². The Kier molecular flexibility index (Phi) is 4.08. The molecule has 0 spiro atoms. The second-order valence-corrected chi connectivity index (χ2v) is 6.75. The number of fused-ring (bicyclic) bond motifs is 2. The Hall–Kier alpha value is -2.93. The molecule has 2 aromatic heterocycles. The summed E-state index contributed by atoms with van der Waals surface area (Å²) in [6.45, 7) is 3.80. The van der Waals surface area contributed by atoms with E-state index in [1.807, 2.05) is 32.0 Å². The van der Waals surface area contributed by atoms with Crippen LogP contribution in [0.1, 0.15) is 47.9 Å². The van der Waals surface area contributed by atoms with Gasteiger partial charge in [-0.2, -0.15) is 0 Å². The Balaban J connectivity index is 1.63. The molecule has 7 heteroatoms. The maximum atomic E-state index is 12.3. The number of benzene rings is 1. The van der Waals surface area contributed by atoms with E-state index in [1.54, 1.807) is 6.20 Å². The van der Waals surface area contributed by atoms with Gasteiger partial charge in [-0.1, -0.05) is 6.07 Å². The minimum Gasteiger partial charge on any atom is -0.437 e. The van der Waals surface area contributed by atoms with Gasteiger partial charge < -0.3 is 20.1 Å². The molecule has 1 amide bonds. The number of aromatic nitrogens is 3. The zero-order valence-corrected chi connectivity index (χ0v) is 14.6. The van der Waals surface area contributed by atoms with Crippen molar-refractivity contribution in [1.29, 1.82) is 0 Å². The smallest absolute Gasteiger partial charge is 0.255 e. The maximum Gasteiger partial charge on any atom is 0.255 e. The number of aryl methyl sites for hydroxylation is 1. The summed E-state index contributed by atoms with van der Waals surface area (Å²) >= 11 is 0. The average Bonchev–Trinajstić information content (AvgIpc) is 3.18. The molecule has 1 unspecified atom stereocenters. The molecular weight excluding hydrogens is 332 g/mol. The highest BCUT2D eigenvalue weighted by molar-refractivity contribution is 6.04. The van der Waals surface area contributed by atoms with Crippen molar-refractivity contribution in [3.63, 3.8) is 0 Å². The van der Waals surface area contributed by atoms with Gasteiger partial charge in [-0.05, 0) is 49.9 Å². The van der Waals surface area contributed by atoms with Gasteiger partial charge in [0.25, 0.3) is 5.91 Å². The fourth-order valence-electron chi connectivity index (χ4n) is 3.18. The van der Waals surface area contributed by atoms with E-state index in [2.05, 4.69) is 20.3 Å². The number of carbonyl (C=O) groups excluding carboxylic acids is 1. The number of nitrogens with zero attached hydrogens (tertiary/aromatic N) is 2. The number of ether oxygens (including phenoxy) is 1. The van der Waals surface area contributed by atoms with E-state index in [1.165, 1.54) is 6.20 Å². The van der Waals surface area contributed by atoms with Crippen molar-refractivity contribution in [3.05, 3.63) is 47.3 Å². The first kappa shape index (κ1) is 16.5. The molecule has 3 aromatic rings. The van der Waals surface area contributed by atoms with Crippen molar-refractivity contribution in [2.75, 3.05) is 0 Å². The Labute approximate surface area is 150 Å². The van der Waals surface area contributed by atoms with Crippen molar-refractivity contribution in [3.8, 4) is 11.6 Å². The first-order chi connectivity index (χ1) is 12.5. The minimum absolute atomic E-state index is 0.0256. The van der Waals surface area contributed by atoms with E-state index in [-0.39, 0.29) is 11.9 Å². The lowest BCUT2D eigenvalue weighted by Gasteiger charge is -2.09. The third-order valence-electron chi connectivity index (χ3n) is 4.41. The van der Waals surface area contributed by atoms with Crippen LogP contribution in [0.5, 0.6) is 11.6 Å². The van der Waals surface area contributed by atoms with Gasteiger partial charge in [0.15, 0.2) is 5.65 Å². The van der Waals surface area contributed by atoms with Gasteiger partial charge in [-0.3, -0.25) is 4.79 Å². The second kappa shape index (κ2) is 6.42. The lowest BCUT2D eigenvalue weighted by atomic mass is 10.1. The van der Waals surface area contributed by atoms with E-state index in [0.29, 0.717) is 28.4 Å². The van der Waals surface area contributed by atoms with Crippen LogP contribution in [0, 0.1) is 0 Å². The fourth-order valence-corrected chi connectivity index (χ4v) is 3.18. The number of aliphatic hydroxyl groups excluding tert-OH is 1. The molecule has 0 aliphatic heterocycles. The highest BCUT2D eigenvalue weighted by Crippen LogP contribution is 2.34. The maximum absolute atomic E-state index is 12.3. The third-order valence-corrected chi connectivity index (χ3v) is 4.41. The lowest BCUT2D eigenvalue weighted by Crippen LogP contribution is -2.29. The summed E-state index contributed by atoms with van der Waals surface area (Å²) < 4.78 is 5.81. The number of aromatic amines is 1. The van der Waals surface area contributed by atoms with Crippen LogP contribution < -0.4 is 10.1 Å². The highest BCUT2D eigenvalue weighted by atomic mass is 16.5. The summed E-state index contributed by atoms with van der Waals surface area (Å²) in [5.74, 6) is 0.670. The van der Waals surface area contributed by atoms with E-state index >= 15 is 0 Å². The summed E-state index contributed by atoms with van der Waals surface area (Å²) in [5, 5.41) is 12.9. The Morgan fingerprint density at radius 1 is 1.42 bits per heavy atom. The van der Waals surface area contributed by atoms with Crippen molar-refractivity contribution in [1.82, 2.24) is 20.3 Å². The molecule has 3 N–H and O–H groups in total. The summed E-state index contributed by atoms with van der Waals surface area (Å²) in [6.07, 6.45) is 4.27. The molecule has 2 heterocycles. The molecule has 1 atom stereocenters. The molecule has 1 aromatic carbocycles. The molecule has 0 bridgehead atoms. The second-order valence-electron chi connectivity index (χ2n) is 6.75. The Morgan fingerprint density at radius 2 is 2.27 bits per heavy atom. The molecule has 0 saturated heterocycles. The monoisotopic (exact) mass is 352 g/mol. The Morgan fingerprint density at radius 3 is 3.08 bits per heavy atom. The number of carbonyl (C=O) groups is 1. The van der Waals surface area contributed by atoms with Gasteiger partial charge in [0.1, 0.15) is 11.3 Å². The molecule has 1 aliphatic carbocycles. The van der Waals surface area contributed by atoms with Crippen LogP contribution in [0.2, 0.25) is 0 Å². The van der Waals surface area contributed by atoms with Gasteiger partial charge in [-0.15, -0.1) is 0 Å². The van der Waals surface area contributed by atoms with E-state index in [0.717, 1.165) is 24.0 Å². The average molecular weight is 352 g/mol. The molecule has 4 rings (SSSR count). The first-order valence-corrected chi connectivity index (χ1v) is 8.65. The number of hydrogen-bond donors (Lipinski definition) is 3.